The third kappa shape index (κ3) is 59.7. The minimum atomic E-state index is -3.05. The molecular formula is C35H86N2O13PdSi9. The van der Waals surface area contributed by atoms with Crippen LogP contribution in [0.4, 0.5) is 4.79 Å². The van der Waals surface area contributed by atoms with Gasteiger partial charge in [0.25, 0.3) is 0 Å². The van der Waals surface area contributed by atoms with Crippen molar-refractivity contribution in [2.24, 2.45) is 4.99 Å². The monoisotopic (exact) mass is 1100 g/mol. The van der Waals surface area contributed by atoms with Crippen molar-refractivity contribution in [3.63, 3.8) is 0 Å². The van der Waals surface area contributed by atoms with Crippen LogP contribution in [0.3, 0.4) is 0 Å². The molecule has 25 heteroatoms. The molecule has 3 N–H and O–H groups in total. The number of ether oxygens (including phenoxy) is 1. The van der Waals surface area contributed by atoms with E-state index in [9.17, 15) is 9.59 Å². The summed E-state index contributed by atoms with van der Waals surface area (Å²) in [6.07, 6.45) is 7.58. The summed E-state index contributed by atoms with van der Waals surface area (Å²) in [5.74, 6) is 0. The van der Waals surface area contributed by atoms with Crippen LogP contribution in [0.1, 0.15) is 20.3 Å². The Labute approximate surface area is 389 Å². The summed E-state index contributed by atoms with van der Waals surface area (Å²) in [5, 5.41) is 2.71. The van der Waals surface area contributed by atoms with E-state index >= 15 is 0 Å². The van der Waals surface area contributed by atoms with E-state index in [4.69, 9.17) is 43.4 Å². The molecule has 0 aromatic carbocycles. The fraction of sp³-hybridized carbons (Fsp3) is 0.771. The average Bonchev–Trinajstić information content (AvgIpc) is 2.90. The van der Waals surface area contributed by atoms with E-state index in [2.05, 4.69) is 161 Å². The molecule has 0 unspecified atom stereocenters. The van der Waals surface area contributed by atoms with Crippen LogP contribution < -0.4 is 5.32 Å². The molecule has 0 heterocycles. The maximum absolute atomic E-state index is 11.7. The largest absolute Gasteiger partial charge is 2.00 e. The normalized spacial score (nSPS) is 12.0. The second-order valence-electron chi connectivity index (χ2n) is 19.5. The van der Waals surface area contributed by atoms with Crippen molar-refractivity contribution in [1.82, 2.24) is 5.32 Å². The van der Waals surface area contributed by atoms with Gasteiger partial charge >= 0.3 is 44.1 Å². The van der Waals surface area contributed by atoms with Gasteiger partial charge in [-0.05, 0) is 144 Å². The molecule has 0 aliphatic rings. The summed E-state index contributed by atoms with van der Waals surface area (Å²) in [6, 6.07) is 0.719. The van der Waals surface area contributed by atoms with Crippen molar-refractivity contribution < 1.29 is 78.9 Å². The Balaban J connectivity index is -0.000000141. The van der Waals surface area contributed by atoms with E-state index in [1.54, 1.807) is 6.08 Å². The fourth-order valence-electron chi connectivity index (χ4n) is 4.15. The minimum Gasteiger partial charge on any atom is -0.550 e. The van der Waals surface area contributed by atoms with Crippen LogP contribution in [-0.2, 0) is 68.7 Å². The molecule has 0 rings (SSSR count). The van der Waals surface area contributed by atoms with Crippen molar-refractivity contribution in [1.29, 1.82) is 0 Å². The van der Waals surface area contributed by atoms with Crippen LogP contribution in [0.25, 0.3) is 0 Å². The number of rotatable bonds is 21. The molecule has 60 heavy (non-hydrogen) atoms. The van der Waals surface area contributed by atoms with Gasteiger partial charge in [-0.15, -0.1) is 0 Å². The zero-order valence-corrected chi connectivity index (χ0v) is 52.1. The van der Waals surface area contributed by atoms with Crippen LogP contribution >= 0.6 is 0 Å². The van der Waals surface area contributed by atoms with Gasteiger partial charge in [0.05, 0.1) is 25.2 Å². The Morgan fingerprint density at radius 3 is 1.07 bits per heavy atom. The molecule has 0 radical (unpaired) electrons. The summed E-state index contributed by atoms with van der Waals surface area (Å²) in [7, 11) is -18.3. The summed E-state index contributed by atoms with van der Waals surface area (Å²) >= 11 is 0. The Hall–Kier alpha value is -0.396. The number of hydrogen-bond donors (Lipinski definition) is 1. The van der Waals surface area contributed by atoms with Crippen molar-refractivity contribution >= 4 is 101 Å². The third-order valence-corrected chi connectivity index (χ3v) is 29.3. The van der Waals surface area contributed by atoms with Gasteiger partial charge in [-0.2, -0.15) is 13.8 Å². The van der Waals surface area contributed by atoms with Gasteiger partial charge in [0.1, 0.15) is 0 Å². The number of hydrogen-bond acceptors (Lipinski definition) is 13. The quantitative estimate of drug-likeness (QED) is 0.0286. The van der Waals surface area contributed by atoms with Crippen molar-refractivity contribution in [2.45, 2.75) is 164 Å². The molecule has 360 valence electrons. The predicted octanol–water partition coefficient (Wildman–Crippen LogP) is 9.48. The van der Waals surface area contributed by atoms with Gasteiger partial charge in [0, 0.05) is 6.04 Å². The van der Waals surface area contributed by atoms with Gasteiger partial charge in [-0.1, -0.05) is 13.2 Å². The SMILES string of the molecule is C=COC(=O)NC[Si](O[Si](C)(C)C)(O[Si](C)(C)C)O[Si](C)(C)C.C=CO[Si](C)(C)C.C[C-]=O.C[C-]=O.C[Si](C)(C)O[Si](CCCN=C=O)(O[Si](C)(C)C)O[Si](C)(C)C.O.[Pd+2]. The number of aliphatic imine (C=N–C) groups is 1. The molecule has 0 aliphatic carbocycles. The van der Waals surface area contributed by atoms with Crippen molar-refractivity contribution in [3.05, 3.63) is 25.7 Å². The first kappa shape index (κ1) is 74.0. The third-order valence-electron chi connectivity index (χ3n) is 4.66. The first-order valence-electron chi connectivity index (χ1n) is 19.3. The second-order valence-corrected chi connectivity index (χ2v) is 57.8. The summed E-state index contributed by atoms with van der Waals surface area (Å²) < 4.78 is 48.7. The molecule has 0 spiro atoms. The molecule has 0 bridgehead atoms. The maximum atomic E-state index is 11.7. The Morgan fingerprint density at radius 1 is 0.583 bits per heavy atom. The van der Waals surface area contributed by atoms with E-state index in [0.717, 1.165) is 18.7 Å². The molecule has 1 amide bonds. The Morgan fingerprint density at radius 2 is 0.867 bits per heavy atom. The fourth-order valence-corrected chi connectivity index (χ4v) is 33.3. The van der Waals surface area contributed by atoms with Crippen LogP contribution in [0.2, 0.25) is 144 Å². The van der Waals surface area contributed by atoms with Gasteiger partial charge in [0.15, 0.2) is 49.9 Å². The molecular weight excluding hydrogens is 1020 g/mol. The Kier molecular flexibility index (Phi) is 41.9. The van der Waals surface area contributed by atoms with Crippen molar-refractivity contribution in [2.75, 3.05) is 12.7 Å². The van der Waals surface area contributed by atoms with E-state index < -0.39 is 81.9 Å². The predicted molar refractivity (Wildman–Crippen MR) is 266 cm³/mol. The van der Waals surface area contributed by atoms with E-state index in [1.165, 1.54) is 32.7 Å². The smallest absolute Gasteiger partial charge is 0.550 e. The Bertz CT molecular complexity index is 1130. The zero-order chi connectivity index (χ0) is 47.5. The number of amides is 1. The number of carbonyl (C=O) groups excluding carboxylic acids is 4. The van der Waals surface area contributed by atoms with Crippen LogP contribution in [0.5, 0.6) is 0 Å². The van der Waals surface area contributed by atoms with E-state index in [1.807, 2.05) is 0 Å². The van der Waals surface area contributed by atoms with Crippen LogP contribution in [0.15, 0.2) is 30.7 Å². The number of nitrogens with one attached hydrogen (secondary N) is 1. The van der Waals surface area contributed by atoms with E-state index in [-0.39, 0.29) is 32.1 Å². The van der Waals surface area contributed by atoms with E-state index in [0.29, 0.717) is 6.54 Å². The molecule has 0 aromatic heterocycles. The topological polar surface area (TPSA) is 198 Å². The number of carbonyl (C=O) groups is 1. The van der Waals surface area contributed by atoms with Crippen LogP contribution in [0, 0.1) is 0 Å². The second kappa shape index (κ2) is 34.0. The first-order valence-corrected chi connectivity index (χ1v) is 47.0. The number of alkyl carbamates (subject to hydrolysis) is 1. The molecule has 0 saturated carbocycles. The molecule has 0 aliphatic heterocycles. The molecule has 0 aromatic rings. The zero-order valence-electron chi connectivity index (χ0n) is 41.6. The summed E-state index contributed by atoms with van der Waals surface area (Å²) in [4.78, 5) is 42.9. The van der Waals surface area contributed by atoms with Gasteiger partial charge < -0.3 is 54.2 Å². The molecule has 0 atom stereocenters. The van der Waals surface area contributed by atoms with Gasteiger partial charge in [0.2, 0.25) is 14.4 Å². The molecule has 0 fully saturated rings. The standard InChI is InChI=1S/C13H33NO5Si4.C13H33NO4Si4.C5H12OSi.2C2H3O.H2O.Pd/c1-11-16-13(15)14-12-23(17-20(2,3)4,18-21(5,6)7)19-22(8,9)10;1-19(2,3)16-22(17-20(4,5)6,18-21(7,8)9)12-10-11-14-13-15;1-5-6-7(2,3)4;2*1-2-3;;/h11H,1,12H2,2-10H3,(H,14,15);10-12H2,1-9H3;5H,1H2,2-4H3;2*1H3;1H2;/q;;;2*-1;;+2. The average molecular weight is 1100 g/mol. The van der Waals surface area contributed by atoms with Crippen molar-refractivity contribution in [3.8, 4) is 0 Å². The van der Waals surface area contributed by atoms with Crippen LogP contribution in [-0.4, -0.2) is 119 Å². The number of isocyanates is 1. The summed E-state index contributed by atoms with van der Waals surface area (Å²) in [5.41, 5.74) is 0. The molecule has 0 saturated heterocycles. The number of nitrogens with zero attached hydrogens (tertiary/aromatic N) is 1. The molecule has 15 nitrogen and oxygen atoms in total. The van der Waals surface area contributed by atoms with Gasteiger partial charge in [-0.3, -0.25) is 12.6 Å². The van der Waals surface area contributed by atoms with Gasteiger partial charge in [-0.25, -0.2) is 14.6 Å². The summed E-state index contributed by atoms with van der Waals surface area (Å²) in [6.45, 7) is 54.6. The minimum absolute atomic E-state index is 0. The maximum Gasteiger partial charge on any atom is 2.00 e. The first-order chi connectivity index (χ1) is 25.6.